The molecule has 0 amide bonds. The summed E-state index contributed by atoms with van der Waals surface area (Å²) in [6.45, 7) is 9.19. The zero-order valence-electron chi connectivity index (χ0n) is 25.4. The summed E-state index contributed by atoms with van der Waals surface area (Å²) in [7, 11) is 0. The summed E-state index contributed by atoms with van der Waals surface area (Å²) in [5.41, 5.74) is 0. The van der Waals surface area contributed by atoms with Gasteiger partial charge < -0.3 is 5.48 Å². The summed E-state index contributed by atoms with van der Waals surface area (Å²) in [5, 5.41) is 6.28. The van der Waals surface area contributed by atoms with E-state index in [2.05, 4.69) is 27.7 Å². The number of unbranched alkanes of at least 4 members (excludes halogenated alkanes) is 20. The van der Waals surface area contributed by atoms with E-state index in [4.69, 9.17) is 0 Å². The van der Waals surface area contributed by atoms with Gasteiger partial charge in [0.25, 0.3) is 0 Å². The molecular formula is C32H68Al2O. The van der Waals surface area contributed by atoms with Gasteiger partial charge in [-0.25, -0.2) is 0 Å². The van der Waals surface area contributed by atoms with Crippen LogP contribution in [0.15, 0.2) is 0 Å². The van der Waals surface area contributed by atoms with Crippen LogP contribution >= 0.6 is 0 Å². The molecule has 0 bridgehead atoms. The van der Waals surface area contributed by atoms with Gasteiger partial charge in [-0.05, 0) is 0 Å². The molecule has 35 heavy (non-hydrogen) atoms. The molecule has 208 valence electrons. The predicted molar refractivity (Wildman–Crippen MR) is 165 cm³/mol. The van der Waals surface area contributed by atoms with Gasteiger partial charge in [0.15, 0.2) is 0 Å². The molecule has 0 aliphatic carbocycles. The average molecular weight is 523 g/mol. The Hall–Kier alpha value is 1.02. The minimum absolute atomic E-state index is 0. The van der Waals surface area contributed by atoms with Gasteiger partial charge in [0.2, 0.25) is 0 Å². The van der Waals surface area contributed by atoms with Crippen LogP contribution in [0.1, 0.15) is 182 Å². The molecule has 0 N–H and O–H groups in total. The monoisotopic (exact) mass is 522 g/mol. The Bertz CT molecular complexity index is 254. The average Bonchev–Trinajstić information content (AvgIpc) is 2.85. The van der Waals surface area contributed by atoms with Crippen LogP contribution in [0.3, 0.4) is 0 Å². The van der Waals surface area contributed by atoms with E-state index >= 15 is 0 Å². The largest absolute Gasteiger partial charge is 2.00 e. The van der Waals surface area contributed by atoms with Crippen molar-refractivity contribution in [1.29, 1.82) is 0 Å². The Morgan fingerprint density at radius 1 is 0.257 bits per heavy atom. The Kier molecular flexibility index (Phi) is 48.8. The second-order valence-electron chi connectivity index (χ2n) is 10.8. The first kappa shape index (κ1) is 40.5. The normalized spacial score (nSPS) is 10.2. The first-order chi connectivity index (χ1) is 16.8. The number of rotatable bonds is 28. The molecule has 0 aromatic rings. The maximum absolute atomic E-state index is 2.30. The van der Waals surface area contributed by atoms with E-state index in [9.17, 15) is 0 Å². The zero-order chi connectivity index (χ0) is 25.2. The van der Waals surface area contributed by atoms with E-state index in [1.54, 1.807) is 21.1 Å². The predicted octanol–water partition coefficient (Wildman–Crippen LogP) is 12.4. The molecule has 3 heteroatoms. The van der Waals surface area contributed by atoms with E-state index in [1.807, 2.05) is 0 Å². The molecular weight excluding hydrogens is 454 g/mol. The van der Waals surface area contributed by atoms with Crippen molar-refractivity contribution in [2.75, 3.05) is 0 Å². The van der Waals surface area contributed by atoms with Crippen molar-refractivity contribution < 1.29 is 5.48 Å². The fourth-order valence-electron chi connectivity index (χ4n) is 4.56. The molecule has 1 nitrogen and oxygen atoms in total. The summed E-state index contributed by atoms with van der Waals surface area (Å²) >= 11 is 1.59. The molecule has 0 heterocycles. The molecule has 0 saturated heterocycles. The van der Waals surface area contributed by atoms with Crippen LogP contribution in [0.4, 0.5) is 0 Å². The minimum Gasteiger partial charge on any atom is -2.00 e. The second-order valence-corrected chi connectivity index (χ2v) is 14.3. The summed E-state index contributed by atoms with van der Waals surface area (Å²) in [5.74, 6) is 0. The quantitative estimate of drug-likeness (QED) is 0.0722. The standard InChI is InChI=1S/4C8H17.2Al.O/c4*1-3-5-7-8-6-4-2;;;/h4*1,3-8H2,2H3;;;/q;;;;2*+1;-2. The molecule has 0 unspecified atom stereocenters. The molecule has 0 spiro atoms. The molecule has 0 saturated carbocycles. The van der Waals surface area contributed by atoms with Gasteiger partial charge >= 0.3 is 233 Å². The minimum atomic E-state index is 0. The molecule has 0 aliphatic rings. The fourth-order valence-corrected chi connectivity index (χ4v) is 7.45. The van der Waals surface area contributed by atoms with Gasteiger partial charge in [0.05, 0.1) is 0 Å². The molecule has 0 rings (SSSR count). The molecule has 0 radical (unpaired) electrons. The van der Waals surface area contributed by atoms with Crippen LogP contribution in [-0.2, 0) is 5.48 Å². The van der Waals surface area contributed by atoms with Crippen LogP contribution in [0.2, 0.25) is 21.1 Å². The van der Waals surface area contributed by atoms with Gasteiger partial charge in [0.1, 0.15) is 0 Å². The van der Waals surface area contributed by atoms with Crippen molar-refractivity contribution in [2.24, 2.45) is 0 Å². The molecule has 0 aliphatic heterocycles. The Morgan fingerprint density at radius 2 is 0.429 bits per heavy atom. The molecule has 0 aromatic carbocycles. The molecule has 0 atom stereocenters. The van der Waals surface area contributed by atoms with Crippen molar-refractivity contribution in [3.8, 4) is 0 Å². The van der Waals surface area contributed by atoms with E-state index in [0.29, 0.717) is 0 Å². The van der Waals surface area contributed by atoms with E-state index in [0.717, 1.165) is 30.4 Å². The van der Waals surface area contributed by atoms with Gasteiger partial charge in [-0.2, -0.15) is 0 Å². The van der Waals surface area contributed by atoms with Crippen LogP contribution in [0, 0.1) is 0 Å². The summed E-state index contributed by atoms with van der Waals surface area (Å²) in [6, 6.07) is 0. The van der Waals surface area contributed by atoms with Gasteiger partial charge in [-0.1, -0.05) is 0 Å². The summed E-state index contributed by atoms with van der Waals surface area (Å²) in [4.78, 5) is 0. The number of hydrogen-bond acceptors (Lipinski definition) is 0. The number of hydrogen-bond donors (Lipinski definition) is 0. The van der Waals surface area contributed by atoms with Gasteiger partial charge in [-0.3, -0.25) is 0 Å². The van der Waals surface area contributed by atoms with Crippen LogP contribution in [0.25, 0.3) is 0 Å². The molecule has 0 fully saturated rings. The third-order valence-corrected chi connectivity index (χ3v) is 10.3. The Balaban J connectivity index is -0.000000569. The maximum Gasteiger partial charge on any atom is -2.00 e. The van der Waals surface area contributed by atoms with Crippen molar-refractivity contribution >= 4 is 30.4 Å². The van der Waals surface area contributed by atoms with E-state index < -0.39 is 0 Å². The van der Waals surface area contributed by atoms with Crippen molar-refractivity contribution in [3.63, 3.8) is 0 Å². The van der Waals surface area contributed by atoms with Crippen molar-refractivity contribution in [1.82, 2.24) is 0 Å². The van der Waals surface area contributed by atoms with E-state index in [1.165, 1.54) is 154 Å². The zero-order valence-corrected chi connectivity index (χ0v) is 27.7. The smallest absolute Gasteiger partial charge is 2.00 e. The first-order valence-electron chi connectivity index (χ1n) is 16.5. The summed E-state index contributed by atoms with van der Waals surface area (Å²) in [6.07, 6.45) is 35.3. The van der Waals surface area contributed by atoms with Gasteiger partial charge in [0, 0.05) is 0 Å². The third-order valence-electron chi connectivity index (χ3n) is 7.05. The fraction of sp³-hybridized carbons (Fsp3) is 1.00. The third kappa shape index (κ3) is 45.3. The second kappa shape index (κ2) is 42.1. The van der Waals surface area contributed by atoms with E-state index in [-0.39, 0.29) is 5.48 Å². The summed E-state index contributed by atoms with van der Waals surface area (Å²) < 4.78 is 0. The van der Waals surface area contributed by atoms with Crippen LogP contribution < -0.4 is 0 Å². The SMILES string of the molecule is CCCCCCC[CH2][Al+][CH2]CCCCCCC.CCCCCCC[CH2][Al+][CH2]CCCCCCC.[O-2]. The van der Waals surface area contributed by atoms with Crippen molar-refractivity contribution in [2.45, 2.75) is 203 Å². The first-order valence-corrected chi connectivity index (χ1v) is 19.7. The van der Waals surface area contributed by atoms with Gasteiger partial charge in [-0.15, -0.1) is 0 Å². The Morgan fingerprint density at radius 3 is 0.629 bits per heavy atom. The molecule has 0 aromatic heterocycles. The Labute approximate surface area is 237 Å². The van der Waals surface area contributed by atoms with Crippen LogP contribution in [-0.4, -0.2) is 30.4 Å². The maximum atomic E-state index is 2.30. The van der Waals surface area contributed by atoms with Crippen LogP contribution in [0.5, 0.6) is 0 Å². The topological polar surface area (TPSA) is 28.5 Å². The van der Waals surface area contributed by atoms with Crippen molar-refractivity contribution in [3.05, 3.63) is 0 Å².